The van der Waals surface area contributed by atoms with E-state index in [1.807, 2.05) is 24.3 Å². The van der Waals surface area contributed by atoms with Gasteiger partial charge in [-0.25, -0.2) is 4.79 Å². The Labute approximate surface area is 113 Å². The molecule has 0 aliphatic heterocycles. The van der Waals surface area contributed by atoms with Gasteiger partial charge in [-0.2, -0.15) is 0 Å². The maximum Gasteiger partial charge on any atom is 0.355 e. The Kier molecular flexibility index (Phi) is 4.04. The third-order valence-corrected chi connectivity index (χ3v) is 2.85. The fourth-order valence-corrected chi connectivity index (χ4v) is 1.78. The molecule has 1 aromatic heterocycles. The normalized spacial score (nSPS) is 10.1. The Morgan fingerprint density at radius 3 is 2.61 bits per heavy atom. The minimum Gasteiger partial charge on any atom is -0.497 e. The molecule has 0 spiro atoms. The Hall–Kier alpha value is -1.75. The SMILES string of the molecule is COc1ccc(COC(=O)c2cc(Br)c[nH]2)cc1. The van der Waals surface area contributed by atoms with E-state index in [2.05, 4.69) is 20.9 Å². The van der Waals surface area contributed by atoms with E-state index in [1.54, 1.807) is 19.4 Å². The van der Waals surface area contributed by atoms with Crippen LogP contribution in [0.25, 0.3) is 0 Å². The van der Waals surface area contributed by atoms with Gasteiger partial charge in [0.15, 0.2) is 0 Å². The van der Waals surface area contributed by atoms with E-state index in [0.29, 0.717) is 5.69 Å². The van der Waals surface area contributed by atoms with Gasteiger partial charge in [0.1, 0.15) is 18.1 Å². The highest BCUT2D eigenvalue weighted by molar-refractivity contribution is 9.10. The zero-order chi connectivity index (χ0) is 13.0. The maximum absolute atomic E-state index is 11.7. The van der Waals surface area contributed by atoms with Crippen molar-refractivity contribution in [2.45, 2.75) is 6.61 Å². The van der Waals surface area contributed by atoms with Crippen molar-refractivity contribution in [3.05, 3.63) is 52.3 Å². The fourth-order valence-electron chi connectivity index (χ4n) is 1.43. The maximum atomic E-state index is 11.7. The van der Waals surface area contributed by atoms with E-state index >= 15 is 0 Å². The van der Waals surface area contributed by atoms with Crippen LogP contribution in [0.2, 0.25) is 0 Å². The number of aromatic amines is 1. The number of H-pyrrole nitrogens is 1. The molecule has 18 heavy (non-hydrogen) atoms. The molecule has 0 saturated carbocycles. The summed E-state index contributed by atoms with van der Waals surface area (Å²) in [7, 11) is 1.61. The number of esters is 1. The van der Waals surface area contributed by atoms with Crippen LogP contribution in [0.15, 0.2) is 41.0 Å². The van der Waals surface area contributed by atoms with Crippen LogP contribution in [0.3, 0.4) is 0 Å². The summed E-state index contributed by atoms with van der Waals surface area (Å²) in [5.74, 6) is 0.398. The predicted molar refractivity (Wildman–Crippen MR) is 70.6 cm³/mol. The van der Waals surface area contributed by atoms with Crippen LogP contribution in [-0.4, -0.2) is 18.1 Å². The molecule has 0 aliphatic carbocycles. The summed E-state index contributed by atoms with van der Waals surface area (Å²) in [4.78, 5) is 14.5. The fraction of sp³-hybridized carbons (Fsp3) is 0.154. The number of methoxy groups -OCH3 is 1. The lowest BCUT2D eigenvalue weighted by molar-refractivity contribution is 0.0466. The van der Waals surface area contributed by atoms with Gasteiger partial charge >= 0.3 is 5.97 Å². The molecule has 0 amide bonds. The number of nitrogens with one attached hydrogen (secondary N) is 1. The van der Waals surface area contributed by atoms with Crippen molar-refractivity contribution in [2.24, 2.45) is 0 Å². The first kappa shape index (κ1) is 12.7. The highest BCUT2D eigenvalue weighted by Crippen LogP contribution is 2.14. The van der Waals surface area contributed by atoms with Gasteiger partial charge in [-0.1, -0.05) is 12.1 Å². The number of carbonyl (C=O) groups excluding carboxylic acids is 1. The van der Waals surface area contributed by atoms with E-state index in [9.17, 15) is 4.79 Å². The largest absolute Gasteiger partial charge is 0.497 e. The van der Waals surface area contributed by atoms with Gasteiger partial charge in [-0.3, -0.25) is 0 Å². The molecule has 1 N–H and O–H groups in total. The molecule has 5 heteroatoms. The van der Waals surface area contributed by atoms with Crippen molar-refractivity contribution in [3.63, 3.8) is 0 Å². The zero-order valence-corrected chi connectivity index (χ0v) is 11.4. The summed E-state index contributed by atoms with van der Waals surface area (Å²) in [6.45, 7) is 0.236. The topological polar surface area (TPSA) is 51.3 Å². The molecular formula is C13H12BrNO3. The number of aromatic nitrogens is 1. The monoisotopic (exact) mass is 309 g/mol. The number of hydrogen-bond acceptors (Lipinski definition) is 3. The first-order chi connectivity index (χ1) is 8.69. The van der Waals surface area contributed by atoms with Crippen molar-refractivity contribution in [3.8, 4) is 5.75 Å². The molecule has 0 aliphatic rings. The van der Waals surface area contributed by atoms with E-state index in [4.69, 9.17) is 9.47 Å². The third-order valence-electron chi connectivity index (χ3n) is 2.40. The quantitative estimate of drug-likeness (QED) is 0.883. The van der Waals surface area contributed by atoms with Gasteiger partial charge in [0.05, 0.1) is 7.11 Å². The Balaban J connectivity index is 1.92. The molecular weight excluding hydrogens is 298 g/mol. The molecule has 0 radical (unpaired) electrons. The van der Waals surface area contributed by atoms with Crippen LogP contribution >= 0.6 is 15.9 Å². The molecule has 0 unspecified atom stereocenters. The second-order valence-corrected chi connectivity index (χ2v) is 4.57. The van der Waals surface area contributed by atoms with Gasteiger partial charge in [0.2, 0.25) is 0 Å². The molecule has 4 nitrogen and oxygen atoms in total. The highest BCUT2D eigenvalue weighted by Gasteiger charge is 2.09. The van der Waals surface area contributed by atoms with Gasteiger partial charge in [0, 0.05) is 10.7 Å². The highest BCUT2D eigenvalue weighted by atomic mass is 79.9. The zero-order valence-electron chi connectivity index (χ0n) is 9.77. The van der Waals surface area contributed by atoms with Gasteiger partial charge < -0.3 is 14.5 Å². The second-order valence-electron chi connectivity index (χ2n) is 3.66. The first-order valence-electron chi connectivity index (χ1n) is 5.33. The second kappa shape index (κ2) is 5.73. The Morgan fingerprint density at radius 1 is 1.33 bits per heavy atom. The van der Waals surface area contributed by atoms with Gasteiger partial charge in [0.25, 0.3) is 0 Å². The van der Waals surface area contributed by atoms with Crippen molar-refractivity contribution in [2.75, 3.05) is 7.11 Å². The lowest BCUT2D eigenvalue weighted by Crippen LogP contribution is -2.05. The number of hydrogen-bond donors (Lipinski definition) is 1. The Morgan fingerprint density at radius 2 is 2.06 bits per heavy atom. The summed E-state index contributed by atoms with van der Waals surface area (Å²) in [5, 5.41) is 0. The summed E-state index contributed by atoms with van der Waals surface area (Å²) in [5.41, 5.74) is 1.34. The number of rotatable bonds is 4. The molecule has 94 valence electrons. The lowest BCUT2D eigenvalue weighted by atomic mass is 10.2. The minimum atomic E-state index is -0.378. The lowest BCUT2D eigenvalue weighted by Gasteiger charge is -2.04. The summed E-state index contributed by atoms with van der Waals surface area (Å²) < 4.78 is 11.0. The van der Waals surface area contributed by atoms with Crippen LogP contribution < -0.4 is 4.74 Å². The van der Waals surface area contributed by atoms with Crippen molar-refractivity contribution in [1.29, 1.82) is 0 Å². The number of halogens is 1. The summed E-state index contributed by atoms with van der Waals surface area (Å²) >= 11 is 3.26. The number of ether oxygens (including phenoxy) is 2. The van der Waals surface area contributed by atoms with Crippen molar-refractivity contribution >= 4 is 21.9 Å². The summed E-state index contributed by atoms with van der Waals surface area (Å²) in [6, 6.07) is 9.05. The van der Waals surface area contributed by atoms with Gasteiger partial charge in [-0.15, -0.1) is 0 Å². The van der Waals surface area contributed by atoms with Crippen LogP contribution in [0.5, 0.6) is 5.75 Å². The molecule has 2 aromatic rings. The third kappa shape index (κ3) is 3.13. The molecule has 0 bridgehead atoms. The van der Waals surface area contributed by atoms with E-state index in [-0.39, 0.29) is 12.6 Å². The van der Waals surface area contributed by atoms with Crippen molar-refractivity contribution in [1.82, 2.24) is 4.98 Å². The summed E-state index contributed by atoms with van der Waals surface area (Å²) in [6.07, 6.45) is 1.68. The smallest absolute Gasteiger partial charge is 0.355 e. The minimum absolute atomic E-state index is 0.236. The van der Waals surface area contributed by atoms with Gasteiger partial charge in [-0.05, 0) is 39.7 Å². The predicted octanol–water partition coefficient (Wildman–Crippen LogP) is 3.14. The molecule has 2 rings (SSSR count). The average Bonchev–Trinajstić information content (AvgIpc) is 2.83. The van der Waals surface area contributed by atoms with Crippen LogP contribution in [0.1, 0.15) is 16.1 Å². The Bertz CT molecular complexity index is 533. The van der Waals surface area contributed by atoms with E-state index in [0.717, 1.165) is 15.8 Å². The van der Waals surface area contributed by atoms with Crippen molar-refractivity contribution < 1.29 is 14.3 Å². The number of carbonyl (C=O) groups is 1. The van der Waals surface area contributed by atoms with E-state index < -0.39 is 0 Å². The van der Waals surface area contributed by atoms with E-state index in [1.165, 1.54) is 0 Å². The van der Waals surface area contributed by atoms with Crippen LogP contribution in [0, 0.1) is 0 Å². The standard InChI is InChI=1S/C13H12BrNO3/c1-17-11-4-2-9(3-5-11)8-18-13(16)12-6-10(14)7-15-12/h2-7,15H,8H2,1H3. The first-order valence-corrected chi connectivity index (χ1v) is 6.12. The van der Waals surface area contributed by atoms with Crippen LogP contribution in [-0.2, 0) is 11.3 Å². The number of benzene rings is 1. The molecule has 0 atom stereocenters. The average molecular weight is 310 g/mol. The molecule has 1 aromatic carbocycles. The molecule has 0 saturated heterocycles. The molecule has 0 fully saturated rings. The molecule has 1 heterocycles. The van der Waals surface area contributed by atoms with Crippen LogP contribution in [0.4, 0.5) is 0 Å².